The Morgan fingerprint density at radius 3 is 3.12 bits per heavy atom. The van der Waals surface area contributed by atoms with Crippen LogP contribution >= 0.6 is 0 Å². The molecule has 8 nitrogen and oxygen atoms in total. The van der Waals surface area contributed by atoms with Crippen molar-refractivity contribution in [2.24, 2.45) is 0 Å². The van der Waals surface area contributed by atoms with Gasteiger partial charge in [-0.25, -0.2) is 19.3 Å². The zero-order valence-corrected chi connectivity index (χ0v) is 13.3. The van der Waals surface area contributed by atoms with Crippen LogP contribution in [0.25, 0.3) is 17.0 Å². The van der Waals surface area contributed by atoms with Crippen LogP contribution in [0.3, 0.4) is 0 Å². The fourth-order valence-corrected chi connectivity index (χ4v) is 2.92. The van der Waals surface area contributed by atoms with Crippen molar-refractivity contribution < 1.29 is 14.3 Å². The van der Waals surface area contributed by atoms with E-state index in [0.717, 1.165) is 24.4 Å². The predicted octanol–water partition coefficient (Wildman–Crippen LogP) is 1.73. The Balaban J connectivity index is 1.72. The first-order chi connectivity index (χ1) is 11.8. The fraction of sp³-hybridized carbons (Fsp3) is 0.375. The zero-order valence-electron chi connectivity index (χ0n) is 13.3. The van der Waals surface area contributed by atoms with Crippen LogP contribution < -0.4 is 0 Å². The van der Waals surface area contributed by atoms with Gasteiger partial charge in [-0.15, -0.1) is 0 Å². The SMILES string of the molecule is CCOC(=O)c1cnn2cc(-c3nccn3C3CCOC3)cnc12. The number of ether oxygens (including phenoxy) is 2. The molecule has 0 bridgehead atoms. The van der Waals surface area contributed by atoms with Gasteiger partial charge in [-0.1, -0.05) is 0 Å². The highest BCUT2D eigenvalue weighted by Crippen LogP contribution is 2.26. The van der Waals surface area contributed by atoms with E-state index >= 15 is 0 Å². The smallest absolute Gasteiger partial charge is 0.343 e. The summed E-state index contributed by atoms with van der Waals surface area (Å²) in [5.74, 6) is 0.394. The van der Waals surface area contributed by atoms with Crippen LogP contribution in [0.5, 0.6) is 0 Å². The molecule has 0 N–H and O–H groups in total. The highest BCUT2D eigenvalue weighted by Gasteiger charge is 2.21. The van der Waals surface area contributed by atoms with Crippen molar-refractivity contribution in [3.8, 4) is 11.4 Å². The molecule has 3 aromatic heterocycles. The topological polar surface area (TPSA) is 83.5 Å². The second-order valence-electron chi connectivity index (χ2n) is 5.57. The summed E-state index contributed by atoms with van der Waals surface area (Å²) < 4.78 is 14.2. The molecule has 8 heteroatoms. The summed E-state index contributed by atoms with van der Waals surface area (Å²) in [6, 6.07) is 0.283. The van der Waals surface area contributed by atoms with Crippen LogP contribution in [-0.4, -0.2) is 49.9 Å². The standard InChI is InChI=1S/C16H17N5O3/c1-2-24-16(22)13-8-19-21-9-11(7-18-15(13)21)14-17-4-5-20(14)12-3-6-23-10-12/h4-5,7-9,12H,2-3,6,10H2,1H3. The molecule has 0 spiro atoms. The van der Waals surface area contributed by atoms with Gasteiger partial charge >= 0.3 is 5.97 Å². The van der Waals surface area contributed by atoms with Gasteiger partial charge in [-0.05, 0) is 13.3 Å². The Bertz CT molecular complexity index is 879. The van der Waals surface area contributed by atoms with E-state index in [0.29, 0.717) is 24.4 Å². The third-order valence-electron chi connectivity index (χ3n) is 4.08. The largest absolute Gasteiger partial charge is 0.462 e. The average Bonchev–Trinajstić information content (AvgIpc) is 3.33. The number of nitrogens with zero attached hydrogens (tertiary/aromatic N) is 5. The first kappa shape index (κ1) is 14.8. The number of rotatable bonds is 4. The molecular weight excluding hydrogens is 310 g/mol. The van der Waals surface area contributed by atoms with E-state index in [1.54, 1.807) is 23.8 Å². The maximum Gasteiger partial charge on any atom is 0.343 e. The van der Waals surface area contributed by atoms with Crippen molar-refractivity contribution in [2.75, 3.05) is 19.8 Å². The first-order valence-electron chi connectivity index (χ1n) is 7.89. The van der Waals surface area contributed by atoms with Gasteiger partial charge in [0, 0.05) is 31.4 Å². The molecule has 4 rings (SSSR count). The number of aromatic nitrogens is 5. The normalized spacial score (nSPS) is 17.5. The van der Waals surface area contributed by atoms with Crippen LogP contribution in [-0.2, 0) is 9.47 Å². The number of hydrogen-bond donors (Lipinski definition) is 0. The van der Waals surface area contributed by atoms with Crippen molar-refractivity contribution in [2.45, 2.75) is 19.4 Å². The molecule has 0 aliphatic carbocycles. The molecule has 4 heterocycles. The van der Waals surface area contributed by atoms with Gasteiger partial charge in [0.15, 0.2) is 5.65 Å². The van der Waals surface area contributed by atoms with Crippen molar-refractivity contribution in [3.63, 3.8) is 0 Å². The molecule has 124 valence electrons. The minimum absolute atomic E-state index is 0.283. The lowest BCUT2D eigenvalue weighted by molar-refractivity contribution is 0.0528. The number of carbonyl (C=O) groups excluding carboxylic acids is 1. The van der Waals surface area contributed by atoms with E-state index in [4.69, 9.17) is 9.47 Å². The van der Waals surface area contributed by atoms with Gasteiger partial charge in [0.05, 0.1) is 31.0 Å². The third-order valence-corrected chi connectivity index (χ3v) is 4.08. The van der Waals surface area contributed by atoms with Gasteiger partial charge in [0.25, 0.3) is 0 Å². The maximum absolute atomic E-state index is 11.9. The second kappa shape index (κ2) is 6.04. The molecule has 3 aromatic rings. The molecular formula is C16H17N5O3. The van der Waals surface area contributed by atoms with Gasteiger partial charge in [-0.3, -0.25) is 0 Å². The molecule has 0 aromatic carbocycles. The lowest BCUT2D eigenvalue weighted by Crippen LogP contribution is -2.10. The summed E-state index contributed by atoms with van der Waals surface area (Å²) >= 11 is 0. The van der Waals surface area contributed by atoms with Gasteiger partial charge in [-0.2, -0.15) is 5.10 Å². The monoisotopic (exact) mass is 327 g/mol. The minimum Gasteiger partial charge on any atom is -0.462 e. The number of imidazole rings is 1. The second-order valence-corrected chi connectivity index (χ2v) is 5.57. The Morgan fingerprint density at radius 2 is 2.33 bits per heavy atom. The lowest BCUT2D eigenvalue weighted by Gasteiger charge is -2.13. The summed E-state index contributed by atoms with van der Waals surface area (Å²) in [4.78, 5) is 20.7. The molecule has 1 saturated heterocycles. The Kier molecular flexibility index (Phi) is 3.73. The molecule has 1 unspecified atom stereocenters. The number of esters is 1. The summed E-state index contributed by atoms with van der Waals surface area (Å²) in [5.41, 5.74) is 1.66. The lowest BCUT2D eigenvalue weighted by atomic mass is 10.2. The van der Waals surface area contributed by atoms with Crippen molar-refractivity contribution >= 4 is 11.6 Å². The van der Waals surface area contributed by atoms with E-state index in [1.165, 1.54) is 6.20 Å². The predicted molar refractivity (Wildman–Crippen MR) is 84.6 cm³/mol. The Labute approximate surface area is 138 Å². The van der Waals surface area contributed by atoms with E-state index < -0.39 is 5.97 Å². The van der Waals surface area contributed by atoms with Crippen LogP contribution in [0.2, 0.25) is 0 Å². The molecule has 0 radical (unpaired) electrons. The molecule has 24 heavy (non-hydrogen) atoms. The van der Waals surface area contributed by atoms with E-state index in [2.05, 4.69) is 19.6 Å². The van der Waals surface area contributed by atoms with E-state index in [9.17, 15) is 4.79 Å². The maximum atomic E-state index is 11.9. The van der Waals surface area contributed by atoms with Crippen molar-refractivity contribution in [1.82, 2.24) is 24.1 Å². The zero-order chi connectivity index (χ0) is 16.5. The number of hydrogen-bond acceptors (Lipinski definition) is 6. The molecule has 0 amide bonds. The molecule has 1 fully saturated rings. The fourth-order valence-electron chi connectivity index (χ4n) is 2.92. The minimum atomic E-state index is -0.419. The van der Waals surface area contributed by atoms with Gasteiger partial charge < -0.3 is 14.0 Å². The quantitative estimate of drug-likeness (QED) is 0.679. The van der Waals surface area contributed by atoms with Crippen molar-refractivity contribution in [1.29, 1.82) is 0 Å². The Morgan fingerprint density at radius 1 is 1.42 bits per heavy atom. The van der Waals surface area contributed by atoms with Crippen LogP contribution in [0.1, 0.15) is 29.7 Å². The number of fused-ring (bicyclic) bond motifs is 1. The van der Waals surface area contributed by atoms with Gasteiger partial charge in [0.1, 0.15) is 11.4 Å². The molecule has 0 saturated carbocycles. The summed E-state index contributed by atoms with van der Waals surface area (Å²) in [5, 5.41) is 4.21. The first-order valence-corrected chi connectivity index (χ1v) is 7.89. The molecule has 1 atom stereocenters. The molecule has 1 aliphatic heterocycles. The summed E-state index contributed by atoms with van der Waals surface area (Å²) in [6.45, 7) is 3.53. The van der Waals surface area contributed by atoms with Crippen LogP contribution in [0.4, 0.5) is 0 Å². The molecule has 1 aliphatic rings. The van der Waals surface area contributed by atoms with Gasteiger partial charge in [0.2, 0.25) is 0 Å². The summed E-state index contributed by atoms with van der Waals surface area (Å²) in [6.07, 6.45) is 9.68. The van der Waals surface area contributed by atoms with Crippen LogP contribution in [0, 0.1) is 0 Å². The summed E-state index contributed by atoms with van der Waals surface area (Å²) in [7, 11) is 0. The highest BCUT2D eigenvalue weighted by molar-refractivity contribution is 5.95. The third kappa shape index (κ3) is 2.44. The van der Waals surface area contributed by atoms with Crippen LogP contribution in [0.15, 0.2) is 31.0 Å². The highest BCUT2D eigenvalue weighted by atomic mass is 16.5. The number of carbonyl (C=O) groups is 1. The van der Waals surface area contributed by atoms with E-state index in [-0.39, 0.29) is 6.04 Å². The Hall–Kier alpha value is -2.74. The van der Waals surface area contributed by atoms with E-state index in [1.807, 2.05) is 12.4 Å². The average molecular weight is 327 g/mol. The van der Waals surface area contributed by atoms with Crippen molar-refractivity contribution in [3.05, 3.63) is 36.5 Å².